The van der Waals surface area contributed by atoms with Gasteiger partial charge in [0, 0.05) is 29.9 Å². The number of amides is 1. The maximum atomic E-state index is 12.0. The first kappa shape index (κ1) is 16.8. The summed E-state index contributed by atoms with van der Waals surface area (Å²) in [6.45, 7) is -0.390. The molecule has 25 heavy (non-hydrogen) atoms. The topological polar surface area (TPSA) is 89.0 Å². The van der Waals surface area contributed by atoms with Crippen LogP contribution in [0.15, 0.2) is 48.7 Å². The average Bonchev–Trinajstić information content (AvgIpc) is 3.24. The van der Waals surface area contributed by atoms with E-state index in [0.29, 0.717) is 22.2 Å². The van der Waals surface area contributed by atoms with Gasteiger partial charge in [0.05, 0.1) is 5.69 Å². The van der Waals surface area contributed by atoms with E-state index in [1.54, 1.807) is 43.6 Å². The number of benzene rings is 1. The fraction of sp³-hybridized carbons (Fsp3) is 0.118. The van der Waals surface area contributed by atoms with E-state index in [2.05, 4.69) is 15.4 Å². The fourth-order valence-corrected chi connectivity index (χ4v) is 2.32. The Morgan fingerprint density at radius 3 is 2.72 bits per heavy atom. The van der Waals surface area contributed by atoms with Gasteiger partial charge in [-0.3, -0.25) is 9.48 Å². The zero-order chi connectivity index (χ0) is 17.8. The molecule has 0 saturated carbocycles. The number of nitrogens with zero attached hydrogens (tertiary/aromatic N) is 2. The summed E-state index contributed by atoms with van der Waals surface area (Å²) in [5.74, 6) is -0.552. The molecule has 0 fully saturated rings. The highest BCUT2D eigenvalue weighted by Gasteiger charge is 2.13. The highest BCUT2D eigenvalue weighted by molar-refractivity contribution is 6.30. The van der Waals surface area contributed by atoms with Gasteiger partial charge in [-0.05, 0) is 24.3 Å². The molecule has 1 aromatic carbocycles. The number of aromatic amines is 1. The molecule has 0 aliphatic carbocycles. The zero-order valence-corrected chi connectivity index (χ0v) is 14.1. The Balaban J connectivity index is 1.61. The second kappa shape index (κ2) is 7.23. The molecule has 0 unspecified atom stereocenters. The Hall–Kier alpha value is -3.06. The van der Waals surface area contributed by atoms with Gasteiger partial charge in [-0.25, -0.2) is 4.79 Å². The van der Waals surface area contributed by atoms with Crippen LogP contribution in [0.3, 0.4) is 0 Å². The Labute approximate surface area is 148 Å². The number of H-pyrrole nitrogens is 1. The first-order valence-corrected chi connectivity index (χ1v) is 7.81. The van der Waals surface area contributed by atoms with Crippen LogP contribution >= 0.6 is 11.6 Å². The maximum Gasteiger partial charge on any atom is 0.355 e. The van der Waals surface area contributed by atoms with E-state index in [0.717, 1.165) is 5.56 Å². The van der Waals surface area contributed by atoms with Crippen molar-refractivity contribution in [3.05, 3.63) is 59.4 Å². The number of anilines is 1. The SMILES string of the molecule is Cn1nc(-c2ccc(Cl)cc2)cc1NC(=O)COC(=O)c1ccc[nH]1. The molecule has 1 amide bonds. The van der Waals surface area contributed by atoms with Crippen LogP contribution in [0.5, 0.6) is 0 Å². The second-order valence-corrected chi connectivity index (χ2v) is 5.69. The summed E-state index contributed by atoms with van der Waals surface area (Å²) in [5, 5.41) is 7.64. The lowest BCUT2D eigenvalue weighted by atomic mass is 10.1. The van der Waals surface area contributed by atoms with Crippen LogP contribution in [-0.4, -0.2) is 33.2 Å². The number of nitrogens with one attached hydrogen (secondary N) is 2. The van der Waals surface area contributed by atoms with Gasteiger partial charge in [-0.2, -0.15) is 5.10 Å². The summed E-state index contributed by atoms with van der Waals surface area (Å²) < 4.78 is 6.47. The largest absolute Gasteiger partial charge is 0.451 e. The van der Waals surface area contributed by atoms with Gasteiger partial charge >= 0.3 is 5.97 Å². The van der Waals surface area contributed by atoms with Gasteiger partial charge in [0.15, 0.2) is 6.61 Å². The Morgan fingerprint density at radius 2 is 2.04 bits per heavy atom. The summed E-state index contributed by atoms with van der Waals surface area (Å²) in [7, 11) is 1.71. The van der Waals surface area contributed by atoms with Crippen LogP contribution in [0.1, 0.15) is 10.5 Å². The van der Waals surface area contributed by atoms with Gasteiger partial charge < -0.3 is 15.0 Å². The van der Waals surface area contributed by atoms with Crippen molar-refractivity contribution in [1.29, 1.82) is 0 Å². The molecule has 128 valence electrons. The molecule has 0 aliphatic heterocycles. The van der Waals surface area contributed by atoms with E-state index in [4.69, 9.17) is 16.3 Å². The molecule has 2 heterocycles. The number of halogens is 1. The lowest BCUT2D eigenvalue weighted by molar-refractivity contribution is -0.119. The molecule has 7 nitrogen and oxygen atoms in total. The monoisotopic (exact) mass is 358 g/mol. The van der Waals surface area contributed by atoms with E-state index >= 15 is 0 Å². The number of rotatable bonds is 5. The van der Waals surface area contributed by atoms with E-state index in [-0.39, 0.29) is 6.61 Å². The van der Waals surface area contributed by atoms with Crippen molar-refractivity contribution in [1.82, 2.24) is 14.8 Å². The van der Waals surface area contributed by atoms with Crippen LogP contribution in [0, 0.1) is 0 Å². The van der Waals surface area contributed by atoms with E-state index in [1.165, 1.54) is 4.68 Å². The summed E-state index contributed by atoms with van der Waals surface area (Å²) in [4.78, 5) is 26.4. The Kier molecular flexibility index (Phi) is 4.85. The van der Waals surface area contributed by atoms with Crippen LogP contribution in [0.2, 0.25) is 5.02 Å². The summed E-state index contributed by atoms with van der Waals surface area (Å²) in [6.07, 6.45) is 1.60. The minimum atomic E-state index is -0.591. The predicted molar refractivity (Wildman–Crippen MR) is 93.4 cm³/mol. The smallest absolute Gasteiger partial charge is 0.355 e. The van der Waals surface area contributed by atoms with Crippen molar-refractivity contribution in [3.8, 4) is 11.3 Å². The molecule has 0 radical (unpaired) electrons. The number of carbonyl (C=O) groups excluding carboxylic acids is 2. The molecule has 8 heteroatoms. The van der Waals surface area contributed by atoms with Crippen molar-refractivity contribution in [3.63, 3.8) is 0 Å². The van der Waals surface area contributed by atoms with Crippen molar-refractivity contribution in [2.24, 2.45) is 7.05 Å². The number of ether oxygens (including phenoxy) is 1. The van der Waals surface area contributed by atoms with Crippen molar-refractivity contribution in [2.75, 3.05) is 11.9 Å². The molecule has 0 spiro atoms. The van der Waals surface area contributed by atoms with Crippen molar-refractivity contribution in [2.45, 2.75) is 0 Å². The van der Waals surface area contributed by atoms with Crippen LogP contribution in [0.25, 0.3) is 11.3 Å². The van der Waals surface area contributed by atoms with Gasteiger partial charge in [0.2, 0.25) is 0 Å². The lowest BCUT2D eigenvalue weighted by Gasteiger charge is -2.05. The average molecular weight is 359 g/mol. The second-order valence-electron chi connectivity index (χ2n) is 5.25. The molecule has 3 aromatic rings. The Bertz CT molecular complexity index is 885. The third-order valence-corrected chi connectivity index (χ3v) is 3.69. The van der Waals surface area contributed by atoms with Gasteiger partial charge in [0.1, 0.15) is 11.5 Å². The van der Waals surface area contributed by atoms with Crippen LogP contribution < -0.4 is 5.32 Å². The lowest BCUT2D eigenvalue weighted by Crippen LogP contribution is -2.22. The van der Waals surface area contributed by atoms with Gasteiger partial charge in [-0.1, -0.05) is 23.7 Å². The quantitative estimate of drug-likeness (QED) is 0.686. The van der Waals surface area contributed by atoms with Gasteiger partial charge in [-0.15, -0.1) is 0 Å². The normalized spacial score (nSPS) is 10.5. The molecular weight excluding hydrogens is 344 g/mol. The van der Waals surface area contributed by atoms with Crippen LogP contribution in [-0.2, 0) is 16.6 Å². The van der Waals surface area contributed by atoms with E-state index in [9.17, 15) is 9.59 Å². The predicted octanol–water partition coefficient (Wildman–Crippen LogP) is 2.86. The number of carbonyl (C=O) groups is 2. The minimum Gasteiger partial charge on any atom is -0.451 e. The summed E-state index contributed by atoms with van der Waals surface area (Å²) in [5.41, 5.74) is 1.86. The molecule has 0 aliphatic rings. The minimum absolute atomic E-state index is 0.290. The number of esters is 1. The maximum absolute atomic E-state index is 12.0. The Morgan fingerprint density at radius 1 is 1.28 bits per heavy atom. The number of hydrogen-bond donors (Lipinski definition) is 2. The molecule has 2 N–H and O–H groups in total. The molecule has 3 rings (SSSR count). The number of aromatic nitrogens is 3. The third kappa shape index (κ3) is 4.07. The van der Waals surface area contributed by atoms with Gasteiger partial charge in [0.25, 0.3) is 5.91 Å². The molecule has 0 saturated heterocycles. The van der Waals surface area contributed by atoms with Crippen molar-refractivity contribution >= 4 is 29.3 Å². The van der Waals surface area contributed by atoms with Crippen LogP contribution in [0.4, 0.5) is 5.82 Å². The molecule has 0 bridgehead atoms. The molecule has 0 atom stereocenters. The first-order valence-electron chi connectivity index (χ1n) is 7.43. The standard InChI is InChI=1S/C17H15ClN4O3/c1-22-15(9-14(21-22)11-4-6-12(18)7-5-11)20-16(23)10-25-17(24)13-3-2-8-19-13/h2-9,19H,10H2,1H3,(H,20,23). The third-order valence-electron chi connectivity index (χ3n) is 3.44. The fourth-order valence-electron chi connectivity index (χ4n) is 2.19. The van der Waals surface area contributed by atoms with Crippen molar-refractivity contribution < 1.29 is 14.3 Å². The number of hydrogen-bond acceptors (Lipinski definition) is 4. The first-order chi connectivity index (χ1) is 12.0. The number of aryl methyl sites for hydroxylation is 1. The highest BCUT2D eigenvalue weighted by Crippen LogP contribution is 2.23. The summed E-state index contributed by atoms with van der Waals surface area (Å²) in [6, 6.07) is 12.2. The highest BCUT2D eigenvalue weighted by atomic mass is 35.5. The zero-order valence-electron chi connectivity index (χ0n) is 13.3. The van der Waals surface area contributed by atoms with E-state index in [1.807, 2.05) is 12.1 Å². The van der Waals surface area contributed by atoms with E-state index < -0.39 is 11.9 Å². The summed E-state index contributed by atoms with van der Waals surface area (Å²) >= 11 is 5.88. The molecular formula is C17H15ClN4O3. The molecule has 2 aromatic heterocycles.